The van der Waals surface area contributed by atoms with Gasteiger partial charge in [-0.3, -0.25) is 0 Å². The number of rotatable bonds is 0. The molecule has 0 bridgehead atoms. The van der Waals surface area contributed by atoms with Crippen LogP contribution in [0.2, 0.25) is 5.02 Å². The molecule has 0 saturated heterocycles. The number of fused-ring (bicyclic) bond motifs is 2. The Labute approximate surface area is 108 Å². The summed E-state index contributed by atoms with van der Waals surface area (Å²) in [5.41, 5.74) is 1.30. The van der Waals surface area contributed by atoms with Gasteiger partial charge in [-0.05, 0) is 36.8 Å². The fourth-order valence-corrected chi connectivity index (χ4v) is 4.37. The van der Waals surface area contributed by atoms with Crippen molar-refractivity contribution in [1.29, 1.82) is 0 Å². The van der Waals surface area contributed by atoms with Crippen LogP contribution in [0, 0.1) is 6.92 Å². The molecule has 0 saturated carbocycles. The molecule has 0 N–H and O–H groups in total. The molecule has 0 amide bonds. The maximum Gasteiger partial charge on any atom is 0.0556 e. The van der Waals surface area contributed by atoms with Gasteiger partial charge in [0, 0.05) is 19.6 Å². The summed E-state index contributed by atoms with van der Waals surface area (Å²) in [4.78, 5) is 5.08. The summed E-state index contributed by atoms with van der Waals surface area (Å²) in [6, 6.07) is 12.6. The zero-order valence-corrected chi connectivity index (χ0v) is 11.0. The van der Waals surface area contributed by atoms with Crippen LogP contribution in [0.3, 0.4) is 0 Å². The van der Waals surface area contributed by atoms with Crippen molar-refractivity contribution in [3.8, 4) is 0 Å². The lowest BCUT2D eigenvalue weighted by Crippen LogP contribution is -1.90. The summed E-state index contributed by atoms with van der Waals surface area (Å²) in [6.45, 7) is 2.12. The van der Waals surface area contributed by atoms with E-state index in [0.717, 1.165) is 5.02 Å². The third-order valence-electron chi connectivity index (χ3n) is 2.46. The normalized spacial score (nSPS) is 13.1. The van der Waals surface area contributed by atoms with Gasteiger partial charge in [0.05, 0.1) is 5.02 Å². The molecule has 2 aromatic rings. The van der Waals surface area contributed by atoms with E-state index in [4.69, 9.17) is 11.6 Å². The van der Waals surface area contributed by atoms with Crippen LogP contribution in [0.1, 0.15) is 5.56 Å². The maximum atomic E-state index is 6.21. The van der Waals surface area contributed by atoms with Crippen molar-refractivity contribution in [2.45, 2.75) is 26.5 Å². The lowest BCUT2D eigenvalue weighted by molar-refractivity contribution is 1.14. The average molecular weight is 265 g/mol. The Morgan fingerprint density at radius 2 is 1.81 bits per heavy atom. The lowest BCUT2D eigenvalue weighted by atomic mass is 10.2. The van der Waals surface area contributed by atoms with Crippen LogP contribution in [0.25, 0.3) is 0 Å². The molecule has 0 atom stereocenters. The van der Waals surface area contributed by atoms with Gasteiger partial charge in [0.1, 0.15) is 0 Å². The quantitative estimate of drug-likeness (QED) is 0.543. The molecule has 2 aromatic carbocycles. The predicted octanol–water partition coefficient (Wildman–Crippen LogP) is 5.26. The van der Waals surface area contributed by atoms with Crippen molar-refractivity contribution >= 4 is 35.1 Å². The second kappa shape index (κ2) is 4.02. The first-order chi connectivity index (χ1) is 7.74. The smallest absolute Gasteiger partial charge is 0.0556 e. The zero-order valence-electron chi connectivity index (χ0n) is 8.66. The monoisotopic (exact) mass is 264 g/mol. The van der Waals surface area contributed by atoms with E-state index in [2.05, 4.69) is 31.2 Å². The van der Waals surface area contributed by atoms with Crippen molar-refractivity contribution in [2.75, 3.05) is 0 Å². The Bertz CT molecular complexity index is 564. The van der Waals surface area contributed by atoms with Crippen LogP contribution in [0.15, 0.2) is 56.0 Å². The van der Waals surface area contributed by atoms with Crippen molar-refractivity contribution in [1.82, 2.24) is 0 Å². The predicted molar refractivity (Wildman–Crippen MR) is 70.9 cm³/mol. The highest BCUT2D eigenvalue weighted by atomic mass is 35.5. The molecule has 1 aliphatic heterocycles. The van der Waals surface area contributed by atoms with Crippen molar-refractivity contribution in [3.05, 3.63) is 47.0 Å². The molecule has 1 aliphatic rings. The highest BCUT2D eigenvalue weighted by molar-refractivity contribution is 8.05. The third kappa shape index (κ3) is 1.75. The highest BCUT2D eigenvalue weighted by Crippen LogP contribution is 2.50. The Balaban J connectivity index is 2.13. The van der Waals surface area contributed by atoms with Gasteiger partial charge in [0.15, 0.2) is 0 Å². The zero-order chi connectivity index (χ0) is 11.1. The SMILES string of the molecule is Cc1ccc2c(c1)Sc1cccc(Cl)c1S2. The van der Waals surface area contributed by atoms with Crippen LogP contribution < -0.4 is 0 Å². The molecule has 0 fully saturated rings. The molecule has 16 heavy (non-hydrogen) atoms. The van der Waals surface area contributed by atoms with Gasteiger partial charge in [0.2, 0.25) is 0 Å². The molecule has 0 radical (unpaired) electrons. The lowest BCUT2D eigenvalue weighted by Gasteiger charge is -2.19. The van der Waals surface area contributed by atoms with E-state index in [0.29, 0.717) is 0 Å². The number of halogens is 1. The van der Waals surface area contributed by atoms with Crippen molar-refractivity contribution < 1.29 is 0 Å². The largest absolute Gasteiger partial charge is 0.0877 e. The second-order valence-corrected chi connectivity index (χ2v) is 6.26. The fraction of sp³-hybridized carbons (Fsp3) is 0.0769. The highest BCUT2D eigenvalue weighted by Gasteiger charge is 2.18. The van der Waals surface area contributed by atoms with Gasteiger partial charge in [-0.1, -0.05) is 47.3 Å². The summed E-state index contributed by atoms with van der Waals surface area (Å²) in [7, 11) is 0. The van der Waals surface area contributed by atoms with E-state index >= 15 is 0 Å². The minimum absolute atomic E-state index is 0.848. The standard InChI is InChI=1S/C13H9ClS2/c1-8-5-6-10-12(7-8)15-11-4-2-3-9(14)13(11)16-10/h2-7H,1H3. The van der Waals surface area contributed by atoms with Gasteiger partial charge in [-0.15, -0.1) is 0 Å². The molecule has 80 valence electrons. The van der Waals surface area contributed by atoms with Gasteiger partial charge in [0.25, 0.3) is 0 Å². The first-order valence-corrected chi connectivity index (χ1v) is 7.00. The first kappa shape index (κ1) is 10.6. The molecule has 0 aliphatic carbocycles. The summed E-state index contributed by atoms with van der Waals surface area (Å²) in [6.07, 6.45) is 0. The van der Waals surface area contributed by atoms with E-state index in [-0.39, 0.29) is 0 Å². The third-order valence-corrected chi connectivity index (χ3v) is 5.49. The Hall–Kier alpha value is -0.570. The number of aryl methyl sites for hydroxylation is 1. The molecular weight excluding hydrogens is 256 g/mol. The topological polar surface area (TPSA) is 0 Å². The summed E-state index contributed by atoms with van der Waals surface area (Å²) < 4.78 is 0. The molecule has 3 rings (SSSR count). The van der Waals surface area contributed by atoms with Crippen LogP contribution in [-0.2, 0) is 0 Å². The van der Waals surface area contributed by atoms with E-state index in [1.807, 2.05) is 12.1 Å². The van der Waals surface area contributed by atoms with E-state index < -0.39 is 0 Å². The van der Waals surface area contributed by atoms with Crippen molar-refractivity contribution in [3.63, 3.8) is 0 Å². The van der Waals surface area contributed by atoms with Crippen LogP contribution in [0.4, 0.5) is 0 Å². The molecule has 0 spiro atoms. The number of hydrogen-bond donors (Lipinski definition) is 0. The number of hydrogen-bond acceptors (Lipinski definition) is 2. The fourth-order valence-electron chi connectivity index (χ4n) is 1.68. The minimum Gasteiger partial charge on any atom is -0.0877 e. The first-order valence-electron chi connectivity index (χ1n) is 4.99. The minimum atomic E-state index is 0.848. The average Bonchev–Trinajstić information content (AvgIpc) is 2.27. The van der Waals surface area contributed by atoms with Crippen LogP contribution in [-0.4, -0.2) is 0 Å². The Morgan fingerprint density at radius 3 is 2.69 bits per heavy atom. The summed E-state index contributed by atoms with van der Waals surface area (Å²) >= 11 is 9.78. The van der Waals surface area contributed by atoms with Crippen LogP contribution in [0.5, 0.6) is 0 Å². The van der Waals surface area contributed by atoms with Gasteiger partial charge in [-0.2, -0.15) is 0 Å². The van der Waals surface area contributed by atoms with E-state index in [9.17, 15) is 0 Å². The Kier molecular flexibility index (Phi) is 2.66. The van der Waals surface area contributed by atoms with Crippen molar-refractivity contribution in [2.24, 2.45) is 0 Å². The molecule has 0 unspecified atom stereocenters. The van der Waals surface area contributed by atoms with E-state index in [1.165, 1.54) is 25.1 Å². The summed E-state index contributed by atoms with van der Waals surface area (Å²) in [5.74, 6) is 0. The molecular formula is C13H9ClS2. The van der Waals surface area contributed by atoms with Gasteiger partial charge < -0.3 is 0 Å². The molecule has 1 heterocycles. The summed E-state index contributed by atoms with van der Waals surface area (Å²) in [5, 5.41) is 0.848. The Morgan fingerprint density at radius 1 is 0.938 bits per heavy atom. The maximum absolute atomic E-state index is 6.21. The van der Waals surface area contributed by atoms with Gasteiger partial charge >= 0.3 is 0 Å². The van der Waals surface area contributed by atoms with Gasteiger partial charge in [-0.25, -0.2) is 0 Å². The molecule has 0 aromatic heterocycles. The molecule has 3 heteroatoms. The second-order valence-electron chi connectivity index (χ2n) is 3.72. The molecule has 0 nitrogen and oxygen atoms in total. The van der Waals surface area contributed by atoms with E-state index in [1.54, 1.807) is 23.5 Å². The number of benzene rings is 2. The van der Waals surface area contributed by atoms with Crippen LogP contribution >= 0.6 is 35.1 Å².